The van der Waals surface area contributed by atoms with Gasteiger partial charge in [-0.2, -0.15) is 0 Å². The number of carboxylic acid groups (broad SMARTS) is 1. The largest absolute Gasteiger partial charge is 0.481 e. The van der Waals surface area contributed by atoms with Gasteiger partial charge >= 0.3 is 5.97 Å². The highest BCUT2D eigenvalue weighted by Gasteiger charge is 2.33. The summed E-state index contributed by atoms with van der Waals surface area (Å²) >= 11 is 0. The molecular weight excluding hydrogens is 270 g/mol. The van der Waals surface area contributed by atoms with Gasteiger partial charge in [0.05, 0.1) is 18.6 Å². The van der Waals surface area contributed by atoms with Crippen molar-refractivity contribution in [3.05, 3.63) is 35.4 Å². The Morgan fingerprint density at radius 3 is 2.29 bits per heavy atom. The Morgan fingerprint density at radius 1 is 1.29 bits per heavy atom. The summed E-state index contributed by atoms with van der Waals surface area (Å²) < 4.78 is 5.02. The van der Waals surface area contributed by atoms with Crippen molar-refractivity contribution >= 4 is 11.9 Å². The highest BCUT2D eigenvalue weighted by molar-refractivity contribution is 5.95. The molecule has 0 aromatic heterocycles. The third kappa shape index (κ3) is 4.86. The maximum atomic E-state index is 12.3. The van der Waals surface area contributed by atoms with E-state index in [1.807, 2.05) is 26.0 Å². The molecule has 0 aliphatic carbocycles. The molecule has 0 bridgehead atoms. The third-order valence-corrected chi connectivity index (χ3v) is 3.72. The van der Waals surface area contributed by atoms with E-state index in [1.165, 1.54) is 0 Å². The molecule has 0 saturated carbocycles. The lowest BCUT2D eigenvalue weighted by molar-refractivity contribution is -0.138. The number of methoxy groups -OCH3 is 1. The van der Waals surface area contributed by atoms with Gasteiger partial charge in [0.2, 0.25) is 0 Å². The first kappa shape index (κ1) is 17.2. The average molecular weight is 293 g/mol. The Labute approximate surface area is 125 Å². The minimum atomic E-state index is -0.929. The maximum Gasteiger partial charge on any atom is 0.305 e. The van der Waals surface area contributed by atoms with Crippen LogP contribution in [-0.4, -0.2) is 29.6 Å². The van der Waals surface area contributed by atoms with Crippen molar-refractivity contribution in [3.63, 3.8) is 0 Å². The lowest BCUT2D eigenvalue weighted by Crippen LogP contribution is -2.51. The molecule has 0 spiro atoms. The number of hydrogen-bond donors (Lipinski definition) is 2. The first-order valence-corrected chi connectivity index (χ1v) is 6.90. The standard InChI is InChI=1S/C16H23NO4/c1-11(2)16(3,9-14(18)19)17-15(20)13-7-5-12(6-8-13)10-21-4/h5-8,11H,9-10H2,1-4H3,(H,17,20)(H,18,19). The molecule has 116 valence electrons. The number of amides is 1. The Hall–Kier alpha value is -1.88. The van der Waals surface area contributed by atoms with Crippen LogP contribution in [0, 0.1) is 5.92 Å². The van der Waals surface area contributed by atoms with Gasteiger partial charge in [-0.1, -0.05) is 26.0 Å². The van der Waals surface area contributed by atoms with Crippen LogP contribution in [0.25, 0.3) is 0 Å². The van der Waals surface area contributed by atoms with Gasteiger partial charge in [0.15, 0.2) is 0 Å². The summed E-state index contributed by atoms with van der Waals surface area (Å²) in [6.45, 7) is 6.03. The average Bonchev–Trinajstić information content (AvgIpc) is 2.38. The normalized spacial score (nSPS) is 13.8. The first-order chi connectivity index (χ1) is 9.78. The highest BCUT2D eigenvalue weighted by Crippen LogP contribution is 2.21. The van der Waals surface area contributed by atoms with E-state index in [0.717, 1.165) is 5.56 Å². The van der Waals surface area contributed by atoms with Gasteiger partial charge in [-0.25, -0.2) is 0 Å². The Kier molecular flexibility index (Phi) is 5.90. The number of hydrogen-bond acceptors (Lipinski definition) is 3. The lowest BCUT2D eigenvalue weighted by Gasteiger charge is -2.33. The van der Waals surface area contributed by atoms with E-state index in [-0.39, 0.29) is 18.2 Å². The number of aliphatic carboxylic acids is 1. The smallest absolute Gasteiger partial charge is 0.305 e. The summed E-state index contributed by atoms with van der Waals surface area (Å²) in [7, 11) is 1.61. The van der Waals surface area contributed by atoms with Crippen molar-refractivity contribution < 1.29 is 19.4 Å². The molecule has 21 heavy (non-hydrogen) atoms. The number of rotatable bonds is 7. The molecule has 0 aliphatic heterocycles. The molecule has 1 rings (SSSR count). The Bertz CT molecular complexity index is 496. The van der Waals surface area contributed by atoms with Crippen LogP contribution in [0.4, 0.5) is 0 Å². The highest BCUT2D eigenvalue weighted by atomic mass is 16.5. The molecule has 0 radical (unpaired) electrons. The zero-order valence-corrected chi connectivity index (χ0v) is 13.0. The van der Waals surface area contributed by atoms with Crippen molar-refractivity contribution in [2.24, 2.45) is 5.92 Å². The second kappa shape index (κ2) is 7.22. The number of benzene rings is 1. The van der Waals surface area contributed by atoms with Crippen molar-refractivity contribution in [1.82, 2.24) is 5.32 Å². The predicted molar refractivity (Wildman–Crippen MR) is 80.1 cm³/mol. The topological polar surface area (TPSA) is 75.6 Å². The maximum absolute atomic E-state index is 12.3. The van der Waals surface area contributed by atoms with Crippen LogP contribution in [0.15, 0.2) is 24.3 Å². The Morgan fingerprint density at radius 2 is 1.86 bits per heavy atom. The Balaban J connectivity index is 2.84. The van der Waals surface area contributed by atoms with Gasteiger partial charge in [0.25, 0.3) is 5.91 Å². The zero-order chi connectivity index (χ0) is 16.0. The SMILES string of the molecule is COCc1ccc(C(=O)NC(C)(CC(=O)O)C(C)C)cc1. The molecular formula is C16H23NO4. The molecule has 1 unspecified atom stereocenters. The fourth-order valence-electron chi connectivity index (χ4n) is 1.96. The molecule has 1 atom stereocenters. The van der Waals surface area contributed by atoms with Crippen LogP contribution in [0.3, 0.4) is 0 Å². The van der Waals surface area contributed by atoms with E-state index in [1.54, 1.807) is 26.2 Å². The van der Waals surface area contributed by atoms with Gasteiger partial charge in [-0.15, -0.1) is 0 Å². The summed E-state index contributed by atoms with van der Waals surface area (Å²) in [5.74, 6) is -1.19. The number of ether oxygens (including phenoxy) is 1. The molecule has 1 amide bonds. The van der Waals surface area contributed by atoms with Crippen LogP contribution in [0.5, 0.6) is 0 Å². The number of carboxylic acids is 1. The molecule has 2 N–H and O–H groups in total. The molecule has 5 heteroatoms. The molecule has 0 saturated heterocycles. The summed E-state index contributed by atoms with van der Waals surface area (Å²) in [4.78, 5) is 23.3. The van der Waals surface area contributed by atoms with Crippen LogP contribution in [-0.2, 0) is 16.1 Å². The summed E-state index contributed by atoms with van der Waals surface area (Å²) in [6, 6.07) is 7.07. The van der Waals surface area contributed by atoms with Crippen molar-refractivity contribution in [2.45, 2.75) is 39.3 Å². The monoisotopic (exact) mass is 293 g/mol. The van der Waals surface area contributed by atoms with E-state index < -0.39 is 11.5 Å². The fourth-order valence-corrected chi connectivity index (χ4v) is 1.96. The number of carbonyl (C=O) groups excluding carboxylic acids is 1. The summed E-state index contributed by atoms with van der Waals surface area (Å²) in [5, 5.41) is 11.9. The van der Waals surface area contributed by atoms with E-state index in [2.05, 4.69) is 5.32 Å². The van der Waals surface area contributed by atoms with Crippen LogP contribution in [0.1, 0.15) is 43.1 Å². The van der Waals surface area contributed by atoms with Crippen molar-refractivity contribution in [2.75, 3.05) is 7.11 Å². The number of carbonyl (C=O) groups is 2. The predicted octanol–water partition coefficient (Wildman–Crippen LogP) is 2.45. The molecule has 1 aromatic carbocycles. The quantitative estimate of drug-likeness (QED) is 0.809. The van der Waals surface area contributed by atoms with Gasteiger partial charge in [-0.05, 0) is 30.5 Å². The minimum Gasteiger partial charge on any atom is -0.481 e. The van der Waals surface area contributed by atoms with E-state index in [4.69, 9.17) is 9.84 Å². The summed E-state index contributed by atoms with van der Waals surface area (Å²) in [5.41, 5.74) is 0.701. The molecule has 0 fully saturated rings. The van der Waals surface area contributed by atoms with Gasteiger partial charge in [0.1, 0.15) is 0 Å². The summed E-state index contributed by atoms with van der Waals surface area (Å²) in [6.07, 6.45) is -0.113. The molecule has 1 aromatic rings. The minimum absolute atomic E-state index is 0.00492. The van der Waals surface area contributed by atoms with E-state index in [0.29, 0.717) is 12.2 Å². The zero-order valence-electron chi connectivity index (χ0n) is 13.0. The molecule has 0 heterocycles. The third-order valence-electron chi connectivity index (χ3n) is 3.72. The fraction of sp³-hybridized carbons (Fsp3) is 0.500. The van der Waals surface area contributed by atoms with Crippen molar-refractivity contribution in [1.29, 1.82) is 0 Å². The van der Waals surface area contributed by atoms with Crippen LogP contribution < -0.4 is 5.32 Å². The van der Waals surface area contributed by atoms with Crippen LogP contribution >= 0.6 is 0 Å². The van der Waals surface area contributed by atoms with Gasteiger partial charge in [0, 0.05) is 12.7 Å². The van der Waals surface area contributed by atoms with Crippen LogP contribution in [0.2, 0.25) is 0 Å². The van der Waals surface area contributed by atoms with E-state index >= 15 is 0 Å². The number of nitrogens with one attached hydrogen (secondary N) is 1. The second-order valence-electron chi connectivity index (χ2n) is 5.73. The van der Waals surface area contributed by atoms with E-state index in [9.17, 15) is 9.59 Å². The van der Waals surface area contributed by atoms with Crippen molar-refractivity contribution in [3.8, 4) is 0 Å². The molecule has 0 aliphatic rings. The van der Waals surface area contributed by atoms with Gasteiger partial charge in [-0.3, -0.25) is 9.59 Å². The first-order valence-electron chi connectivity index (χ1n) is 6.90. The lowest BCUT2D eigenvalue weighted by atomic mass is 9.85. The van der Waals surface area contributed by atoms with Gasteiger partial charge < -0.3 is 15.2 Å². The molecule has 5 nitrogen and oxygen atoms in total. The second-order valence-corrected chi connectivity index (χ2v) is 5.73.